The Balaban J connectivity index is 2.35. The molecule has 1 aliphatic rings. The summed E-state index contributed by atoms with van der Waals surface area (Å²) >= 11 is 2.34. The Morgan fingerprint density at radius 1 is 1.73 bits per heavy atom. The molecule has 1 N–H and O–H groups in total. The summed E-state index contributed by atoms with van der Waals surface area (Å²) in [6, 6.07) is 0. The molecule has 0 saturated carbocycles. The molecule has 0 spiro atoms. The Morgan fingerprint density at radius 2 is 2.55 bits per heavy atom. The van der Waals surface area contributed by atoms with E-state index >= 15 is 0 Å². The summed E-state index contributed by atoms with van der Waals surface area (Å²) in [6.07, 6.45) is 1.78. The van der Waals surface area contributed by atoms with Gasteiger partial charge in [-0.15, -0.1) is 0 Å². The zero-order valence-corrected chi connectivity index (χ0v) is 8.45. The molecular formula is C7H12INO2. The summed E-state index contributed by atoms with van der Waals surface area (Å²) in [6.45, 7) is 0.887. The highest BCUT2D eigenvalue weighted by Gasteiger charge is 2.21. The third-order valence-electron chi connectivity index (χ3n) is 1.75. The third-order valence-corrected chi connectivity index (χ3v) is 2.38. The van der Waals surface area contributed by atoms with Crippen LogP contribution in [-0.2, 0) is 4.84 Å². The van der Waals surface area contributed by atoms with Crippen molar-refractivity contribution in [3.63, 3.8) is 0 Å². The molecule has 0 aromatic rings. The first kappa shape index (κ1) is 9.25. The third kappa shape index (κ3) is 2.59. The summed E-state index contributed by atoms with van der Waals surface area (Å²) in [5, 5.41) is 12.6. The average Bonchev–Trinajstić information content (AvgIpc) is 2.39. The predicted molar refractivity (Wildman–Crippen MR) is 52.1 cm³/mol. The fraction of sp³-hybridized carbons (Fsp3) is 0.857. The minimum Gasteiger partial charge on any atom is -0.396 e. The zero-order valence-electron chi connectivity index (χ0n) is 6.29. The SMILES string of the molecule is OCCC1=NOCC1CCI. The average molecular weight is 269 g/mol. The Labute approximate surface area is 79.9 Å². The van der Waals surface area contributed by atoms with Crippen molar-refractivity contribution >= 4 is 28.3 Å². The maximum absolute atomic E-state index is 8.67. The molecule has 0 amide bonds. The highest BCUT2D eigenvalue weighted by molar-refractivity contribution is 14.1. The van der Waals surface area contributed by atoms with Gasteiger partial charge in [0.05, 0.1) is 5.71 Å². The number of aliphatic hydroxyl groups is 1. The van der Waals surface area contributed by atoms with Gasteiger partial charge in [0.1, 0.15) is 6.61 Å². The molecule has 0 aliphatic carbocycles. The molecule has 64 valence electrons. The van der Waals surface area contributed by atoms with Gasteiger partial charge >= 0.3 is 0 Å². The molecule has 1 rings (SSSR count). The van der Waals surface area contributed by atoms with Crippen LogP contribution in [0.4, 0.5) is 0 Å². The molecule has 0 fully saturated rings. The first-order valence-electron chi connectivity index (χ1n) is 3.74. The predicted octanol–water partition coefficient (Wildman–Crippen LogP) is 1.20. The number of nitrogens with zero attached hydrogens (tertiary/aromatic N) is 1. The monoisotopic (exact) mass is 269 g/mol. The molecule has 3 nitrogen and oxygen atoms in total. The van der Waals surface area contributed by atoms with E-state index in [1.54, 1.807) is 0 Å². The molecule has 0 saturated heterocycles. The normalized spacial score (nSPS) is 23.1. The smallest absolute Gasteiger partial charge is 0.125 e. The Kier molecular flexibility index (Phi) is 4.14. The Bertz CT molecular complexity index is 149. The molecule has 0 aromatic carbocycles. The number of rotatable bonds is 4. The van der Waals surface area contributed by atoms with Crippen LogP contribution in [0.3, 0.4) is 0 Å². The van der Waals surface area contributed by atoms with Gasteiger partial charge in [-0.3, -0.25) is 0 Å². The van der Waals surface area contributed by atoms with E-state index in [9.17, 15) is 0 Å². The second-order valence-electron chi connectivity index (χ2n) is 2.53. The van der Waals surface area contributed by atoms with E-state index in [1.807, 2.05) is 0 Å². The number of halogens is 1. The molecule has 1 atom stereocenters. The second-order valence-corrected chi connectivity index (χ2v) is 3.61. The van der Waals surface area contributed by atoms with Gasteiger partial charge in [-0.25, -0.2) is 0 Å². The minimum absolute atomic E-state index is 0.180. The van der Waals surface area contributed by atoms with Crippen LogP contribution in [0.5, 0.6) is 0 Å². The molecule has 1 heterocycles. The van der Waals surface area contributed by atoms with E-state index in [0.29, 0.717) is 18.9 Å². The number of aliphatic hydroxyl groups excluding tert-OH is 1. The van der Waals surface area contributed by atoms with Crippen molar-refractivity contribution in [1.29, 1.82) is 0 Å². The largest absolute Gasteiger partial charge is 0.396 e. The van der Waals surface area contributed by atoms with Crippen molar-refractivity contribution < 1.29 is 9.94 Å². The maximum Gasteiger partial charge on any atom is 0.125 e. The van der Waals surface area contributed by atoms with Gasteiger partial charge in [-0.2, -0.15) is 0 Å². The Morgan fingerprint density at radius 3 is 3.18 bits per heavy atom. The van der Waals surface area contributed by atoms with E-state index in [0.717, 1.165) is 16.6 Å². The lowest BCUT2D eigenvalue weighted by Gasteiger charge is -2.05. The molecule has 0 bridgehead atoms. The summed E-state index contributed by atoms with van der Waals surface area (Å²) < 4.78 is 1.12. The quantitative estimate of drug-likeness (QED) is 0.615. The number of oxime groups is 1. The van der Waals surface area contributed by atoms with Gasteiger partial charge in [0.2, 0.25) is 0 Å². The fourth-order valence-corrected chi connectivity index (χ4v) is 1.88. The van der Waals surface area contributed by atoms with Gasteiger partial charge in [0.15, 0.2) is 0 Å². The molecule has 0 radical (unpaired) electrons. The zero-order chi connectivity index (χ0) is 8.10. The summed E-state index contributed by atoms with van der Waals surface area (Å²) in [7, 11) is 0. The lowest BCUT2D eigenvalue weighted by Crippen LogP contribution is -2.14. The standard InChI is InChI=1S/C7H12INO2/c8-3-1-6-5-11-9-7(6)2-4-10/h6,10H,1-5H2. The molecular weight excluding hydrogens is 257 g/mol. The summed E-state index contributed by atoms with van der Waals surface area (Å²) in [5.41, 5.74) is 1.03. The number of hydrogen-bond acceptors (Lipinski definition) is 3. The molecule has 1 unspecified atom stereocenters. The van der Waals surface area contributed by atoms with Crippen LogP contribution in [0.2, 0.25) is 0 Å². The number of hydrogen-bond donors (Lipinski definition) is 1. The van der Waals surface area contributed by atoms with Crippen LogP contribution in [0.15, 0.2) is 5.16 Å². The van der Waals surface area contributed by atoms with Crippen molar-refractivity contribution in [2.45, 2.75) is 12.8 Å². The van der Waals surface area contributed by atoms with Crippen molar-refractivity contribution in [1.82, 2.24) is 0 Å². The molecule has 0 aromatic heterocycles. The molecule has 1 aliphatic heterocycles. The topological polar surface area (TPSA) is 41.8 Å². The highest BCUT2D eigenvalue weighted by atomic mass is 127. The van der Waals surface area contributed by atoms with Crippen LogP contribution >= 0.6 is 22.6 Å². The number of alkyl halides is 1. The molecule has 11 heavy (non-hydrogen) atoms. The van der Waals surface area contributed by atoms with Crippen molar-refractivity contribution in [2.24, 2.45) is 11.1 Å². The summed E-state index contributed by atoms with van der Waals surface area (Å²) in [4.78, 5) is 4.95. The minimum atomic E-state index is 0.180. The summed E-state index contributed by atoms with van der Waals surface area (Å²) in [5.74, 6) is 0.457. The molecule has 4 heteroatoms. The second kappa shape index (κ2) is 4.92. The van der Waals surface area contributed by atoms with Crippen LogP contribution in [0.25, 0.3) is 0 Å². The first-order chi connectivity index (χ1) is 5.38. The lowest BCUT2D eigenvalue weighted by atomic mass is 10.0. The van der Waals surface area contributed by atoms with Crippen LogP contribution in [-0.4, -0.2) is 28.5 Å². The van der Waals surface area contributed by atoms with Crippen molar-refractivity contribution in [2.75, 3.05) is 17.6 Å². The van der Waals surface area contributed by atoms with E-state index in [1.165, 1.54) is 0 Å². The van der Waals surface area contributed by atoms with Crippen molar-refractivity contribution in [3.8, 4) is 0 Å². The van der Waals surface area contributed by atoms with Crippen LogP contribution in [0, 0.1) is 5.92 Å². The fourth-order valence-electron chi connectivity index (χ4n) is 1.13. The van der Waals surface area contributed by atoms with E-state index in [2.05, 4.69) is 27.7 Å². The lowest BCUT2D eigenvalue weighted by molar-refractivity contribution is 0.154. The van der Waals surface area contributed by atoms with Gasteiger partial charge in [0, 0.05) is 23.4 Å². The van der Waals surface area contributed by atoms with Crippen LogP contribution in [0.1, 0.15) is 12.8 Å². The van der Waals surface area contributed by atoms with Gasteiger partial charge in [-0.05, 0) is 6.42 Å². The maximum atomic E-state index is 8.67. The van der Waals surface area contributed by atoms with E-state index in [4.69, 9.17) is 9.94 Å². The van der Waals surface area contributed by atoms with Gasteiger partial charge < -0.3 is 9.94 Å². The Hall–Kier alpha value is 0.160. The first-order valence-corrected chi connectivity index (χ1v) is 5.26. The van der Waals surface area contributed by atoms with E-state index in [-0.39, 0.29) is 6.61 Å². The van der Waals surface area contributed by atoms with Crippen molar-refractivity contribution in [3.05, 3.63) is 0 Å². The van der Waals surface area contributed by atoms with Crippen LogP contribution < -0.4 is 0 Å². The van der Waals surface area contributed by atoms with E-state index < -0.39 is 0 Å². The highest BCUT2D eigenvalue weighted by Crippen LogP contribution is 2.17. The van der Waals surface area contributed by atoms with Gasteiger partial charge in [0.25, 0.3) is 0 Å². The van der Waals surface area contributed by atoms with Gasteiger partial charge in [-0.1, -0.05) is 27.7 Å².